The number of halogens is 1. The second kappa shape index (κ2) is 5.38. The number of nitrogens with zero attached hydrogens (tertiary/aromatic N) is 1. The quantitative estimate of drug-likeness (QED) is 0.894. The van der Waals surface area contributed by atoms with Crippen molar-refractivity contribution in [1.82, 2.24) is 10.3 Å². The van der Waals surface area contributed by atoms with E-state index in [0.29, 0.717) is 16.6 Å². The lowest BCUT2D eigenvalue weighted by atomic mass is 9.97. The highest BCUT2D eigenvalue weighted by molar-refractivity contribution is 6.35. The Morgan fingerprint density at radius 1 is 1.40 bits per heavy atom. The molecule has 1 amide bonds. The SMILES string of the molecule is CC1CNCC1C(=O)Nc1ccc(Cl)c2cccnc12. The van der Waals surface area contributed by atoms with Crippen LogP contribution >= 0.6 is 11.6 Å². The summed E-state index contributed by atoms with van der Waals surface area (Å²) < 4.78 is 0. The van der Waals surface area contributed by atoms with Crippen LogP contribution in [0.15, 0.2) is 30.5 Å². The normalized spacial score (nSPS) is 22.1. The van der Waals surface area contributed by atoms with Crippen molar-refractivity contribution in [2.75, 3.05) is 18.4 Å². The van der Waals surface area contributed by atoms with Crippen molar-refractivity contribution in [3.8, 4) is 0 Å². The maximum Gasteiger partial charge on any atom is 0.229 e. The average molecular weight is 290 g/mol. The number of amides is 1. The number of pyridine rings is 1. The molecular formula is C15H16ClN3O. The Kier molecular flexibility index (Phi) is 3.59. The summed E-state index contributed by atoms with van der Waals surface area (Å²) in [6.07, 6.45) is 1.70. The Bertz CT molecular complexity index is 659. The number of anilines is 1. The number of nitrogens with one attached hydrogen (secondary N) is 2. The van der Waals surface area contributed by atoms with Crippen molar-refractivity contribution in [2.45, 2.75) is 6.92 Å². The standard InChI is InChI=1S/C15H16ClN3O/c1-9-7-17-8-11(9)15(20)19-13-5-4-12(16)10-3-2-6-18-14(10)13/h2-6,9,11,17H,7-8H2,1H3,(H,19,20). The Balaban J connectivity index is 1.91. The molecule has 1 aliphatic rings. The van der Waals surface area contributed by atoms with Crippen molar-refractivity contribution in [2.24, 2.45) is 11.8 Å². The molecule has 4 nitrogen and oxygen atoms in total. The van der Waals surface area contributed by atoms with Gasteiger partial charge in [0, 0.05) is 18.1 Å². The van der Waals surface area contributed by atoms with E-state index in [4.69, 9.17) is 11.6 Å². The van der Waals surface area contributed by atoms with Gasteiger partial charge in [0.05, 0.1) is 22.1 Å². The minimum absolute atomic E-state index is 0.00411. The van der Waals surface area contributed by atoms with Gasteiger partial charge in [0.15, 0.2) is 0 Å². The van der Waals surface area contributed by atoms with Crippen molar-refractivity contribution in [3.05, 3.63) is 35.5 Å². The third-order valence-corrected chi connectivity index (χ3v) is 4.16. The van der Waals surface area contributed by atoms with Crippen LogP contribution in [0.1, 0.15) is 6.92 Å². The molecule has 2 atom stereocenters. The van der Waals surface area contributed by atoms with Crippen LogP contribution in [0, 0.1) is 11.8 Å². The molecule has 5 heteroatoms. The largest absolute Gasteiger partial charge is 0.324 e. The predicted molar refractivity (Wildman–Crippen MR) is 80.9 cm³/mol. The van der Waals surface area contributed by atoms with Gasteiger partial charge in [-0.2, -0.15) is 0 Å². The first-order chi connectivity index (χ1) is 9.66. The molecule has 1 saturated heterocycles. The van der Waals surface area contributed by atoms with Crippen LogP contribution in [-0.2, 0) is 4.79 Å². The van der Waals surface area contributed by atoms with Crippen LogP contribution in [0.5, 0.6) is 0 Å². The van der Waals surface area contributed by atoms with Gasteiger partial charge in [-0.3, -0.25) is 9.78 Å². The van der Waals surface area contributed by atoms with Crippen LogP contribution in [0.2, 0.25) is 5.02 Å². The highest BCUT2D eigenvalue weighted by Gasteiger charge is 2.29. The van der Waals surface area contributed by atoms with E-state index >= 15 is 0 Å². The molecule has 2 N–H and O–H groups in total. The maximum absolute atomic E-state index is 12.3. The topological polar surface area (TPSA) is 54.0 Å². The highest BCUT2D eigenvalue weighted by atomic mass is 35.5. The van der Waals surface area contributed by atoms with Crippen LogP contribution < -0.4 is 10.6 Å². The number of hydrogen-bond acceptors (Lipinski definition) is 3. The molecule has 20 heavy (non-hydrogen) atoms. The fourth-order valence-electron chi connectivity index (χ4n) is 2.63. The van der Waals surface area contributed by atoms with Gasteiger partial charge in [-0.05, 0) is 36.7 Å². The smallest absolute Gasteiger partial charge is 0.229 e. The first kappa shape index (κ1) is 13.3. The predicted octanol–water partition coefficient (Wildman–Crippen LogP) is 2.68. The lowest BCUT2D eigenvalue weighted by molar-refractivity contribution is -0.120. The third kappa shape index (κ3) is 2.37. The number of carbonyl (C=O) groups is 1. The maximum atomic E-state index is 12.3. The molecule has 0 bridgehead atoms. The van der Waals surface area contributed by atoms with E-state index in [9.17, 15) is 4.79 Å². The molecule has 3 rings (SSSR count). The van der Waals surface area contributed by atoms with Gasteiger partial charge in [0.25, 0.3) is 0 Å². The molecular weight excluding hydrogens is 274 g/mol. The molecule has 0 radical (unpaired) electrons. The number of carbonyl (C=O) groups excluding carboxylic acids is 1. The summed E-state index contributed by atoms with van der Waals surface area (Å²) in [5.74, 6) is 0.391. The van der Waals surface area contributed by atoms with E-state index in [-0.39, 0.29) is 11.8 Å². The zero-order valence-corrected chi connectivity index (χ0v) is 11.9. The van der Waals surface area contributed by atoms with Crippen molar-refractivity contribution in [3.63, 3.8) is 0 Å². The van der Waals surface area contributed by atoms with Crippen molar-refractivity contribution >= 4 is 34.1 Å². The van der Waals surface area contributed by atoms with E-state index in [1.807, 2.05) is 18.2 Å². The first-order valence-corrected chi connectivity index (χ1v) is 7.09. The number of aromatic nitrogens is 1. The van der Waals surface area contributed by atoms with Gasteiger partial charge in [-0.1, -0.05) is 18.5 Å². The van der Waals surface area contributed by atoms with Crippen LogP contribution in [0.3, 0.4) is 0 Å². The summed E-state index contributed by atoms with van der Waals surface area (Å²) in [6.45, 7) is 3.70. The number of fused-ring (bicyclic) bond motifs is 1. The molecule has 0 saturated carbocycles. The molecule has 1 aliphatic heterocycles. The summed E-state index contributed by atoms with van der Waals surface area (Å²) in [6, 6.07) is 7.34. The van der Waals surface area contributed by atoms with Gasteiger partial charge in [-0.15, -0.1) is 0 Å². The van der Waals surface area contributed by atoms with Gasteiger partial charge >= 0.3 is 0 Å². The second-order valence-electron chi connectivity index (χ2n) is 5.23. The van der Waals surface area contributed by atoms with Crippen LogP contribution in [0.25, 0.3) is 10.9 Å². The highest BCUT2D eigenvalue weighted by Crippen LogP contribution is 2.29. The Morgan fingerprint density at radius 3 is 3.00 bits per heavy atom. The van der Waals surface area contributed by atoms with Crippen molar-refractivity contribution < 1.29 is 4.79 Å². The fourth-order valence-corrected chi connectivity index (χ4v) is 2.84. The molecule has 0 spiro atoms. The van der Waals surface area contributed by atoms with E-state index in [1.165, 1.54) is 0 Å². The second-order valence-corrected chi connectivity index (χ2v) is 5.63. The first-order valence-electron chi connectivity index (χ1n) is 6.71. The summed E-state index contributed by atoms with van der Waals surface area (Å²) in [7, 11) is 0. The average Bonchev–Trinajstić information content (AvgIpc) is 2.88. The number of rotatable bonds is 2. The van der Waals surface area contributed by atoms with Gasteiger partial charge in [-0.25, -0.2) is 0 Å². The summed E-state index contributed by atoms with van der Waals surface area (Å²) in [5.41, 5.74) is 1.45. The summed E-state index contributed by atoms with van der Waals surface area (Å²) >= 11 is 6.15. The van der Waals surface area contributed by atoms with E-state index < -0.39 is 0 Å². The summed E-state index contributed by atoms with van der Waals surface area (Å²) in [5, 5.41) is 7.71. The molecule has 2 heterocycles. The zero-order chi connectivity index (χ0) is 14.1. The van der Waals surface area contributed by atoms with E-state index in [1.54, 1.807) is 12.3 Å². The minimum atomic E-state index is 0.00411. The Hall–Kier alpha value is -1.65. The Labute approximate surface area is 122 Å². The number of hydrogen-bond donors (Lipinski definition) is 2. The summed E-state index contributed by atoms with van der Waals surface area (Å²) in [4.78, 5) is 16.7. The molecule has 1 aromatic carbocycles. The Morgan fingerprint density at radius 2 is 2.25 bits per heavy atom. The van der Waals surface area contributed by atoms with E-state index in [0.717, 1.165) is 24.0 Å². The van der Waals surface area contributed by atoms with Gasteiger partial charge < -0.3 is 10.6 Å². The van der Waals surface area contributed by atoms with Crippen molar-refractivity contribution in [1.29, 1.82) is 0 Å². The van der Waals surface area contributed by atoms with Crippen LogP contribution in [0.4, 0.5) is 5.69 Å². The van der Waals surface area contributed by atoms with Crippen LogP contribution in [-0.4, -0.2) is 24.0 Å². The zero-order valence-electron chi connectivity index (χ0n) is 11.2. The lowest BCUT2D eigenvalue weighted by Crippen LogP contribution is -2.27. The van der Waals surface area contributed by atoms with E-state index in [2.05, 4.69) is 22.5 Å². The molecule has 0 aliphatic carbocycles. The minimum Gasteiger partial charge on any atom is -0.324 e. The van der Waals surface area contributed by atoms with Gasteiger partial charge in [0.1, 0.15) is 0 Å². The number of benzene rings is 1. The monoisotopic (exact) mass is 289 g/mol. The lowest BCUT2D eigenvalue weighted by Gasteiger charge is -2.15. The van der Waals surface area contributed by atoms with Gasteiger partial charge in [0.2, 0.25) is 5.91 Å². The fraction of sp³-hybridized carbons (Fsp3) is 0.333. The molecule has 2 unspecified atom stereocenters. The molecule has 1 fully saturated rings. The molecule has 1 aromatic heterocycles. The molecule has 2 aromatic rings. The third-order valence-electron chi connectivity index (χ3n) is 3.83. The molecule has 104 valence electrons.